The molecule has 0 saturated carbocycles. The molecule has 1 atom stereocenters. The molecule has 0 aliphatic carbocycles. The van der Waals surface area contributed by atoms with Crippen molar-refractivity contribution in [3.63, 3.8) is 0 Å². The lowest BCUT2D eigenvalue weighted by molar-refractivity contribution is 0.0985. The number of alkyl halides is 2. The van der Waals surface area contributed by atoms with Crippen molar-refractivity contribution >= 4 is 16.9 Å². The molecule has 25 heavy (non-hydrogen) atoms. The minimum Gasteiger partial charge on any atom is -0.377 e. The van der Waals surface area contributed by atoms with Crippen LogP contribution in [0.1, 0.15) is 24.7 Å². The zero-order valence-electron chi connectivity index (χ0n) is 14.0. The number of benzene rings is 1. The minimum absolute atomic E-state index is 0.182. The average Bonchev–Trinajstić information content (AvgIpc) is 3.19. The molecule has 1 aliphatic heterocycles. The lowest BCUT2D eigenvalue weighted by Gasteiger charge is -2.33. The number of hydrogen-bond acceptors (Lipinski definition) is 4. The lowest BCUT2D eigenvalue weighted by Crippen LogP contribution is -2.43. The molecular weight excluding hydrogens is 328 g/mol. The number of anilines is 1. The summed E-state index contributed by atoms with van der Waals surface area (Å²) in [5.74, 6) is 0.920. The Hall–Kier alpha value is -2.48. The Balaban J connectivity index is 1.82. The van der Waals surface area contributed by atoms with Crippen molar-refractivity contribution in [3.05, 3.63) is 35.7 Å². The summed E-state index contributed by atoms with van der Waals surface area (Å²) in [6, 6.07) is 7.45. The summed E-state index contributed by atoms with van der Waals surface area (Å²) in [4.78, 5) is 6.21. The highest BCUT2D eigenvalue weighted by Crippen LogP contribution is 2.29. The monoisotopic (exact) mass is 347 g/mol. The topological polar surface area (TPSA) is 59.0 Å². The van der Waals surface area contributed by atoms with E-state index in [-0.39, 0.29) is 11.9 Å². The number of H-pyrrole nitrogens is 1. The molecule has 1 aliphatic rings. The first-order valence-corrected chi connectivity index (χ1v) is 8.22. The Labute approximate surface area is 143 Å². The fraction of sp³-hybridized carbons (Fsp3) is 0.412. The molecule has 3 heterocycles. The van der Waals surface area contributed by atoms with Crippen LogP contribution in [0.15, 0.2) is 24.3 Å². The molecule has 0 spiro atoms. The highest BCUT2D eigenvalue weighted by atomic mass is 19.3. The van der Waals surface area contributed by atoms with Crippen LogP contribution in [-0.4, -0.2) is 45.5 Å². The van der Waals surface area contributed by atoms with Crippen LogP contribution in [0.2, 0.25) is 0 Å². The zero-order valence-corrected chi connectivity index (χ0v) is 14.0. The lowest BCUT2D eigenvalue weighted by atomic mass is 10.2. The van der Waals surface area contributed by atoms with Crippen LogP contribution in [0.25, 0.3) is 16.9 Å². The Morgan fingerprint density at radius 2 is 2.16 bits per heavy atom. The fourth-order valence-corrected chi connectivity index (χ4v) is 3.23. The van der Waals surface area contributed by atoms with Crippen molar-refractivity contribution in [2.75, 3.05) is 24.7 Å². The number of ether oxygens (including phenoxy) is 1. The Morgan fingerprint density at radius 1 is 1.32 bits per heavy atom. The van der Waals surface area contributed by atoms with Gasteiger partial charge in [0.1, 0.15) is 5.82 Å². The second-order valence-corrected chi connectivity index (χ2v) is 6.33. The number of halogens is 2. The summed E-state index contributed by atoms with van der Waals surface area (Å²) in [6.45, 7) is 5.94. The van der Waals surface area contributed by atoms with Crippen LogP contribution in [0, 0.1) is 6.92 Å². The van der Waals surface area contributed by atoms with Gasteiger partial charge < -0.3 is 9.64 Å². The van der Waals surface area contributed by atoms with E-state index in [4.69, 9.17) is 4.74 Å². The van der Waals surface area contributed by atoms with Gasteiger partial charge in [-0.15, -0.1) is 0 Å². The van der Waals surface area contributed by atoms with Crippen LogP contribution in [0.3, 0.4) is 0 Å². The summed E-state index contributed by atoms with van der Waals surface area (Å²) in [5.41, 5.74) is 2.16. The Bertz CT molecular complexity index is 904. The smallest absolute Gasteiger partial charge is 0.296 e. The third kappa shape index (κ3) is 2.76. The molecule has 1 N–H and O–H groups in total. The number of imidazole rings is 1. The maximum absolute atomic E-state index is 13.5. The quantitative estimate of drug-likeness (QED) is 0.790. The van der Waals surface area contributed by atoms with Gasteiger partial charge in [-0.05, 0) is 31.5 Å². The summed E-state index contributed by atoms with van der Waals surface area (Å²) >= 11 is 0. The van der Waals surface area contributed by atoms with E-state index in [9.17, 15) is 8.78 Å². The van der Waals surface area contributed by atoms with Gasteiger partial charge in [-0.2, -0.15) is 5.10 Å². The van der Waals surface area contributed by atoms with Gasteiger partial charge in [-0.25, -0.2) is 13.8 Å². The molecule has 1 aromatic carbocycles. The van der Waals surface area contributed by atoms with Crippen LogP contribution < -0.4 is 4.90 Å². The summed E-state index contributed by atoms with van der Waals surface area (Å²) in [7, 11) is 0. The van der Waals surface area contributed by atoms with Crippen molar-refractivity contribution in [1.82, 2.24) is 19.7 Å². The molecule has 1 saturated heterocycles. The Kier molecular flexibility index (Phi) is 3.91. The maximum Gasteiger partial charge on any atom is 0.296 e. The fourth-order valence-electron chi connectivity index (χ4n) is 3.23. The molecule has 0 bridgehead atoms. The number of hydrogen-bond donors (Lipinski definition) is 1. The molecule has 0 amide bonds. The standard InChI is InChI=1S/C17H19F2N5O/c1-10-3-4-12-13(7-10)24(17(20-12)16(18)19)15-8-14(21-22-15)23-5-6-25-9-11(23)2/h3-4,7-8,11,16H,5-6,9H2,1-2H3,(H,21,22)/t11-/m0/s1. The third-order valence-corrected chi connectivity index (χ3v) is 4.48. The zero-order chi connectivity index (χ0) is 17.6. The number of fused-ring (bicyclic) bond motifs is 1. The molecule has 8 heteroatoms. The molecule has 132 valence electrons. The third-order valence-electron chi connectivity index (χ3n) is 4.48. The van der Waals surface area contributed by atoms with E-state index in [2.05, 4.69) is 20.1 Å². The number of nitrogens with one attached hydrogen (secondary N) is 1. The van der Waals surface area contributed by atoms with E-state index >= 15 is 0 Å². The maximum atomic E-state index is 13.5. The van der Waals surface area contributed by atoms with Gasteiger partial charge in [0.25, 0.3) is 6.43 Å². The SMILES string of the molecule is Cc1ccc2nc(C(F)F)n(-c3cc(N4CCOC[C@@H]4C)n[nH]3)c2c1. The number of nitrogens with zero attached hydrogens (tertiary/aromatic N) is 4. The number of aryl methyl sites for hydroxylation is 1. The molecule has 1 fully saturated rings. The minimum atomic E-state index is -2.68. The van der Waals surface area contributed by atoms with Crippen molar-refractivity contribution < 1.29 is 13.5 Å². The van der Waals surface area contributed by atoms with Gasteiger partial charge in [0, 0.05) is 12.6 Å². The van der Waals surface area contributed by atoms with Gasteiger partial charge in [0.2, 0.25) is 0 Å². The predicted octanol–water partition coefficient (Wildman–Crippen LogP) is 3.22. The Morgan fingerprint density at radius 3 is 2.92 bits per heavy atom. The van der Waals surface area contributed by atoms with Gasteiger partial charge in [0.15, 0.2) is 11.6 Å². The number of morpholine rings is 1. The van der Waals surface area contributed by atoms with Crippen LogP contribution in [0.4, 0.5) is 14.6 Å². The largest absolute Gasteiger partial charge is 0.377 e. The van der Waals surface area contributed by atoms with Crippen LogP contribution >= 0.6 is 0 Å². The van der Waals surface area contributed by atoms with Crippen molar-refractivity contribution in [3.8, 4) is 5.82 Å². The molecule has 2 aromatic heterocycles. The van der Waals surface area contributed by atoms with E-state index in [1.54, 1.807) is 12.1 Å². The van der Waals surface area contributed by atoms with Gasteiger partial charge in [0.05, 0.1) is 30.3 Å². The average molecular weight is 347 g/mol. The van der Waals surface area contributed by atoms with Crippen molar-refractivity contribution in [1.29, 1.82) is 0 Å². The van der Waals surface area contributed by atoms with E-state index in [1.165, 1.54) is 4.57 Å². The number of aromatic amines is 1. The van der Waals surface area contributed by atoms with Crippen molar-refractivity contribution in [2.24, 2.45) is 0 Å². The van der Waals surface area contributed by atoms with E-state index in [1.807, 2.05) is 26.0 Å². The second kappa shape index (κ2) is 6.11. The number of aromatic nitrogens is 4. The second-order valence-electron chi connectivity index (χ2n) is 6.33. The van der Waals surface area contributed by atoms with E-state index in [0.29, 0.717) is 30.1 Å². The molecular formula is C17H19F2N5O. The molecule has 3 aromatic rings. The summed E-state index contributed by atoms with van der Waals surface area (Å²) in [6.07, 6.45) is -2.68. The summed E-state index contributed by atoms with van der Waals surface area (Å²) < 4.78 is 34.0. The molecule has 0 unspecified atom stereocenters. The van der Waals surface area contributed by atoms with Crippen molar-refractivity contribution in [2.45, 2.75) is 26.3 Å². The molecule has 4 rings (SSSR count). The highest BCUT2D eigenvalue weighted by molar-refractivity contribution is 5.79. The predicted molar refractivity (Wildman–Crippen MR) is 90.5 cm³/mol. The van der Waals surface area contributed by atoms with Crippen LogP contribution in [0.5, 0.6) is 0 Å². The van der Waals surface area contributed by atoms with Gasteiger partial charge in [-0.1, -0.05) is 6.07 Å². The van der Waals surface area contributed by atoms with Gasteiger partial charge >= 0.3 is 0 Å². The van der Waals surface area contributed by atoms with Gasteiger partial charge in [-0.3, -0.25) is 9.67 Å². The normalized spacial score (nSPS) is 18.4. The van der Waals surface area contributed by atoms with E-state index in [0.717, 1.165) is 17.9 Å². The first-order valence-electron chi connectivity index (χ1n) is 8.22. The number of rotatable bonds is 3. The first-order chi connectivity index (χ1) is 12.0. The highest BCUT2D eigenvalue weighted by Gasteiger charge is 2.24. The molecule has 0 radical (unpaired) electrons. The summed E-state index contributed by atoms with van der Waals surface area (Å²) in [5, 5.41) is 7.22. The molecule has 6 nitrogen and oxygen atoms in total. The first kappa shape index (κ1) is 16.0. The van der Waals surface area contributed by atoms with Crippen LogP contribution in [-0.2, 0) is 4.74 Å². The van der Waals surface area contributed by atoms with E-state index < -0.39 is 6.43 Å².